The summed E-state index contributed by atoms with van der Waals surface area (Å²) in [5, 5.41) is 0. The SMILES string of the molecule is COc1ccc2c(c1)nc(C(F)F)n2C(C)C. The first kappa shape index (κ1) is 11.8. The molecule has 0 aliphatic heterocycles. The van der Waals surface area contributed by atoms with Gasteiger partial charge in [-0.25, -0.2) is 13.8 Å². The molecule has 0 radical (unpaired) electrons. The zero-order valence-electron chi connectivity index (χ0n) is 9.95. The zero-order chi connectivity index (χ0) is 12.6. The molecule has 1 aromatic heterocycles. The lowest BCUT2D eigenvalue weighted by Crippen LogP contribution is -2.06. The summed E-state index contributed by atoms with van der Waals surface area (Å²) in [6.07, 6.45) is -2.57. The molecule has 5 heteroatoms. The maximum absolute atomic E-state index is 12.9. The van der Waals surface area contributed by atoms with E-state index in [1.54, 1.807) is 22.8 Å². The minimum absolute atomic E-state index is 0.0580. The molecular weight excluding hydrogens is 226 g/mol. The highest BCUT2D eigenvalue weighted by atomic mass is 19.3. The summed E-state index contributed by atoms with van der Waals surface area (Å²) in [5.41, 5.74) is 1.24. The van der Waals surface area contributed by atoms with Crippen LogP contribution in [0.2, 0.25) is 0 Å². The van der Waals surface area contributed by atoms with Gasteiger partial charge in [-0.3, -0.25) is 0 Å². The quantitative estimate of drug-likeness (QED) is 0.820. The molecule has 0 N–H and O–H groups in total. The summed E-state index contributed by atoms with van der Waals surface area (Å²) >= 11 is 0. The van der Waals surface area contributed by atoms with E-state index in [1.807, 2.05) is 13.8 Å². The predicted octanol–water partition coefficient (Wildman–Crippen LogP) is 3.56. The number of hydrogen-bond acceptors (Lipinski definition) is 2. The van der Waals surface area contributed by atoms with Gasteiger partial charge < -0.3 is 9.30 Å². The Morgan fingerprint density at radius 3 is 2.53 bits per heavy atom. The van der Waals surface area contributed by atoms with Crippen LogP contribution in [0.3, 0.4) is 0 Å². The molecule has 1 heterocycles. The standard InChI is InChI=1S/C12H14F2N2O/c1-7(2)16-10-5-4-8(17-3)6-9(10)15-12(16)11(13)14/h4-7,11H,1-3H3. The Morgan fingerprint density at radius 1 is 1.29 bits per heavy atom. The molecule has 0 unspecified atom stereocenters. The monoisotopic (exact) mass is 240 g/mol. The molecule has 0 aliphatic rings. The molecule has 3 nitrogen and oxygen atoms in total. The third kappa shape index (κ3) is 1.97. The van der Waals surface area contributed by atoms with E-state index in [-0.39, 0.29) is 11.9 Å². The van der Waals surface area contributed by atoms with Crippen LogP contribution in [-0.2, 0) is 0 Å². The Balaban J connectivity index is 2.70. The summed E-state index contributed by atoms with van der Waals surface area (Å²) in [5.74, 6) is 0.426. The minimum atomic E-state index is -2.57. The van der Waals surface area contributed by atoms with Crippen LogP contribution in [0.5, 0.6) is 5.75 Å². The van der Waals surface area contributed by atoms with Gasteiger partial charge in [0.25, 0.3) is 6.43 Å². The smallest absolute Gasteiger partial charge is 0.295 e. The lowest BCUT2D eigenvalue weighted by atomic mass is 10.2. The van der Waals surface area contributed by atoms with Gasteiger partial charge in [0.2, 0.25) is 0 Å². The topological polar surface area (TPSA) is 27.1 Å². The summed E-state index contributed by atoms with van der Waals surface area (Å²) in [6, 6.07) is 5.11. The van der Waals surface area contributed by atoms with Crippen LogP contribution >= 0.6 is 0 Å². The second-order valence-corrected chi connectivity index (χ2v) is 4.09. The van der Waals surface area contributed by atoms with E-state index < -0.39 is 6.43 Å². The first-order valence-electron chi connectivity index (χ1n) is 5.38. The van der Waals surface area contributed by atoms with E-state index in [0.29, 0.717) is 16.8 Å². The van der Waals surface area contributed by atoms with E-state index >= 15 is 0 Å². The number of halogens is 2. The summed E-state index contributed by atoms with van der Waals surface area (Å²) in [4.78, 5) is 3.98. The van der Waals surface area contributed by atoms with Gasteiger partial charge in [-0.15, -0.1) is 0 Å². The van der Waals surface area contributed by atoms with Crippen LogP contribution in [-0.4, -0.2) is 16.7 Å². The normalized spacial score (nSPS) is 11.7. The number of alkyl halides is 2. The lowest BCUT2D eigenvalue weighted by molar-refractivity contribution is 0.134. The van der Waals surface area contributed by atoms with Crippen molar-refractivity contribution in [2.75, 3.05) is 7.11 Å². The molecule has 0 spiro atoms. The number of fused-ring (bicyclic) bond motifs is 1. The molecule has 0 fully saturated rings. The second kappa shape index (κ2) is 4.31. The fourth-order valence-electron chi connectivity index (χ4n) is 1.92. The first-order valence-corrected chi connectivity index (χ1v) is 5.38. The Labute approximate surface area is 98.0 Å². The molecule has 0 aliphatic carbocycles. The number of methoxy groups -OCH3 is 1. The van der Waals surface area contributed by atoms with Gasteiger partial charge in [0, 0.05) is 12.1 Å². The van der Waals surface area contributed by atoms with Gasteiger partial charge in [0.05, 0.1) is 18.1 Å². The van der Waals surface area contributed by atoms with Crippen molar-refractivity contribution >= 4 is 11.0 Å². The number of benzene rings is 1. The Bertz CT molecular complexity index is 535. The Morgan fingerprint density at radius 2 is 2.00 bits per heavy atom. The van der Waals surface area contributed by atoms with Crippen molar-refractivity contribution in [3.8, 4) is 5.75 Å². The Hall–Kier alpha value is -1.65. The van der Waals surface area contributed by atoms with E-state index in [4.69, 9.17) is 4.74 Å². The zero-order valence-corrected chi connectivity index (χ0v) is 9.95. The first-order chi connectivity index (χ1) is 8.04. The lowest BCUT2D eigenvalue weighted by Gasteiger charge is -2.12. The molecule has 1 aromatic carbocycles. The molecule has 0 saturated heterocycles. The second-order valence-electron chi connectivity index (χ2n) is 4.09. The summed E-state index contributed by atoms with van der Waals surface area (Å²) in [6.45, 7) is 3.72. The van der Waals surface area contributed by atoms with Gasteiger partial charge >= 0.3 is 0 Å². The predicted molar refractivity (Wildman–Crippen MR) is 61.6 cm³/mol. The van der Waals surface area contributed by atoms with Gasteiger partial charge in [-0.2, -0.15) is 0 Å². The molecule has 2 aromatic rings. The van der Waals surface area contributed by atoms with Crippen molar-refractivity contribution in [2.45, 2.75) is 26.3 Å². The minimum Gasteiger partial charge on any atom is -0.497 e. The molecule has 0 amide bonds. The van der Waals surface area contributed by atoms with Gasteiger partial charge in [0.1, 0.15) is 5.75 Å². The third-order valence-electron chi connectivity index (χ3n) is 2.64. The van der Waals surface area contributed by atoms with Crippen LogP contribution < -0.4 is 4.74 Å². The van der Waals surface area contributed by atoms with Gasteiger partial charge in [0.15, 0.2) is 5.82 Å². The van der Waals surface area contributed by atoms with Crippen LogP contribution in [0.15, 0.2) is 18.2 Å². The number of ether oxygens (including phenoxy) is 1. The number of imidazole rings is 1. The number of nitrogens with zero attached hydrogens (tertiary/aromatic N) is 2. The van der Waals surface area contributed by atoms with E-state index in [1.165, 1.54) is 7.11 Å². The molecule has 0 saturated carbocycles. The molecule has 0 atom stereocenters. The molecular formula is C12H14F2N2O. The summed E-state index contributed by atoms with van der Waals surface area (Å²) in [7, 11) is 1.54. The number of rotatable bonds is 3. The van der Waals surface area contributed by atoms with Crippen molar-refractivity contribution in [1.29, 1.82) is 0 Å². The van der Waals surface area contributed by atoms with Crippen LogP contribution in [0.1, 0.15) is 32.1 Å². The summed E-state index contributed by atoms with van der Waals surface area (Å²) < 4.78 is 32.4. The van der Waals surface area contributed by atoms with Crippen LogP contribution in [0.4, 0.5) is 8.78 Å². The fourth-order valence-corrected chi connectivity index (χ4v) is 1.92. The molecule has 0 bridgehead atoms. The highest BCUT2D eigenvalue weighted by Crippen LogP contribution is 2.29. The van der Waals surface area contributed by atoms with Crippen LogP contribution in [0, 0.1) is 0 Å². The van der Waals surface area contributed by atoms with Crippen molar-refractivity contribution in [2.24, 2.45) is 0 Å². The maximum Gasteiger partial charge on any atom is 0.295 e. The average molecular weight is 240 g/mol. The fraction of sp³-hybridized carbons (Fsp3) is 0.417. The number of aromatic nitrogens is 2. The van der Waals surface area contributed by atoms with Crippen LogP contribution in [0.25, 0.3) is 11.0 Å². The highest BCUT2D eigenvalue weighted by molar-refractivity contribution is 5.78. The third-order valence-corrected chi connectivity index (χ3v) is 2.64. The van der Waals surface area contributed by atoms with Crippen molar-refractivity contribution < 1.29 is 13.5 Å². The van der Waals surface area contributed by atoms with E-state index in [2.05, 4.69) is 4.98 Å². The van der Waals surface area contributed by atoms with Gasteiger partial charge in [-0.1, -0.05) is 0 Å². The maximum atomic E-state index is 12.9. The molecule has 17 heavy (non-hydrogen) atoms. The molecule has 92 valence electrons. The number of hydrogen-bond donors (Lipinski definition) is 0. The van der Waals surface area contributed by atoms with Crippen molar-refractivity contribution in [3.05, 3.63) is 24.0 Å². The van der Waals surface area contributed by atoms with Gasteiger partial charge in [-0.05, 0) is 26.0 Å². The largest absolute Gasteiger partial charge is 0.497 e. The Kier molecular flexibility index (Phi) is 3.00. The van der Waals surface area contributed by atoms with E-state index in [9.17, 15) is 8.78 Å². The van der Waals surface area contributed by atoms with E-state index in [0.717, 1.165) is 0 Å². The molecule has 2 rings (SSSR count). The average Bonchev–Trinajstić information content (AvgIpc) is 2.66. The highest BCUT2D eigenvalue weighted by Gasteiger charge is 2.20. The van der Waals surface area contributed by atoms with Crippen molar-refractivity contribution in [3.63, 3.8) is 0 Å². The van der Waals surface area contributed by atoms with Crippen molar-refractivity contribution in [1.82, 2.24) is 9.55 Å².